The van der Waals surface area contributed by atoms with E-state index in [-0.39, 0.29) is 27.9 Å². The minimum absolute atomic E-state index is 0.0101. The highest BCUT2D eigenvalue weighted by Crippen LogP contribution is 2.21. The Bertz CT molecular complexity index is 1210. The van der Waals surface area contributed by atoms with Gasteiger partial charge in [-0.15, -0.1) is 0 Å². The van der Waals surface area contributed by atoms with Gasteiger partial charge in [-0.2, -0.15) is 0 Å². The lowest BCUT2D eigenvalue weighted by atomic mass is 10.1. The molecule has 1 saturated heterocycles. The minimum Gasteiger partial charge on any atom is -0.338 e. The molecule has 0 radical (unpaired) electrons. The largest absolute Gasteiger partial charge is 0.338 e. The van der Waals surface area contributed by atoms with Gasteiger partial charge in [-0.3, -0.25) is 4.79 Å². The number of urea groups is 1. The Morgan fingerprint density at radius 1 is 0.824 bits per heavy atom. The van der Waals surface area contributed by atoms with E-state index in [0.29, 0.717) is 39.0 Å². The molecule has 3 amide bonds. The van der Waals surface area contributed by atoms with Crippen molar-refractivity contribution in [3.63, 3.8) is 0 Å². The van der Waals surface area contributed by atoms with Crippen molar-refractivity contribution in [3.05, 3.63) is 59.7 Å². The highest BCUT2D eigenvalue weighted by molar-refractivity contribution is 7.91. The fourth-order valence-electron chi connectivity index (χ4n) is 3.70. The van der Waals surface area contributed by atoms with E-state index in [0.717, 1.165) is 24.1 Å². The molecule has 0 saturated carbocycles. The van der Waals surface area contributed by atoms with E-state index < -0.39 is 25.6 Å². The Labute approximate surface area is 200 Å². The smallest absolute Gasteiger partial charge is 0.317 e. The molecule has 1 fully saturated rings. The monoisotopic (exact) mass is 507 g/mol. The van der Waals surface area contributed by atoms with Crippen LogP contribution in [0.25, 0.3) is 0 Å². The fourth-order valence-corrected chi connectivity index (χ4v) is 5.14. The summed E-state index contributed by atoms with van der Waals surface area (Å²) in [5.41, 5.74) is 1.12. The first-order valence-electron chi connectivity index (χ1n) is 10.9. The summed E-state index contributed by atoms with van der Waals surface area (Å²) in [5.74, 6) is -0.471. The van der Waals surface area contributed by atoms with Gasteiger partial charge >= 0.3 is 6.03 Å². The molecule has 0 atom stereocenters. The van der Waals surface area contributed by atoms with Gasteiger partial charge in [-0.1, -0.05) is 30.3 Å². The summed E-state index contributed by atoms with van der Waals surface area (Å²) in [4.78, 5) is 28.4. The van der Waals surface area contributed by atoms with Crippen molar-refractivity contribution >= 4 is 31.6 Å². The Kier molecular flexibility index (Phi) is 7.98. The third kappa shape index (κ3) is 6.80. The molecule has 1 aliphatic heterocycles. The molecule has 1 aliphatic rings. The predicted molar refractivity (Wildman–Crippen MR) is 128 cm³/mol. The van der Waals surface area contributed by atoms with E-state index in [1.165, 1.54) is 17.0 Å². The number of hydrogen-bond donors (Lipinski definition) is 1. The first-order valence-corrected chi connectivity index (χ1v) is 14.6. The van der Waals surface area contributed by atoms with Crippen molar-refractivity contribution in [2.24, 2.45) is 0 Å². The molecule has 0 aromatic heterocycles. The van der Waals surface area contributed by atoms with Crippen LogP contribution in [-0.2, 0) is 26.1 Å². The number of hydrogen-bond acceptors (Lipinski definition) is 6. The first kappa shape index (κ1) is 25.7. The second-order valence-corrected chi connectivity index (χ2v) is 12.4. The number of rotatable bonds is 6. The maximum absolute atomic E-state index is 13.1. The van der Waals surface area contributed by atoms with Crippen molar-refractivity contribution < 1.29 is 26.4 Å². The van der Waals surface area contributed by atoms with Crippen LogP contribution in [-0.4, -0.2) is 83.8 Å². The van der Waals surface area contributed by atoms with Crippen LogP contribution in [0.15, 0.2) is 58.3 Å². The van der Waals surface area contributed by atoms with Crippen molar-refractivity contribution in [1.29, 1.82) is 0 Å². The van der Waals surface area contributed by atoms with Gasteiger partial charge in [-0.25, -0.2) is 21.6 Å². The lowest BCUT2D eigenvalue weighted by Gasteiger charge is -2.23. The van der Waals surface area contributed by atoms with Crippen molar-refractivity contribution in [1.82, 2.24) is 15.1 Å². The van der Waals surface area contributed by atoms with Gasteiger partial charge < -0.3 is 15.1 Å². The molecule has 34 heavy (non-hydrogen) atoms. The zero-order valence-electron chi connectivity index (χ0n) is 19.2. The Balaban J connectivity index is 1.66. The van der Waals surface area contributed by atoms with E-state index in [1.807, 2.05) is 30.3 Å². The van der Waals surface area contributed by atoms with Gasteiger partial charge in [-0.05, 0) is 36.6 Å². The molecular weight excluding hydrogens is 478 g/mol. The van der Waals surface area contributed by atoms with Gasteiger partial charge in [0.1, 0.15) is 0 Å². The van der Waals surface area contributed by atoms with Crippen LogP contribution in [0.4, 0.5) is 4.79 Å². The lowest BCUT2D eigenvalue weighted by Crippen LogP contribution is -2.43. The van der Waals surface area contributed by atoms with Crippen molar-refractivity contribution in [2.75, 3.05) is 45.2 Å². The topological polar surface area (TPSA) is 121 Å². The number of nitrogens with zero attached hydrogens (tertiary/aromatic N) is 2. The van der Waals surface area contributed by atoms with E-state index in [2.05, 4.69) is 5.32 Å². The summed E-state index contributed by atoms with van der Waals surface area (Å²) in [7, 11) is -7.45. The molecule has 2 aromatic rings. The summed E-state index contributed by atoms with van der Waals surface area (Å²) < 4.78 is 48.2. The average Bonchev–Trinajstić information content (AvgIpc) is 3.04. The van der Waals surface area contributed by atoms with E-state index in [4.69, 9.17) is 0 Å². The minimum atomic E-state index is -3.72. The summed E-state index contributed by atoms with van der Waals surface area (Å²) in [6.45, 7) is 1.90. The summed E-state index contributed by atoms with van der Waals surface area (Å²) in [5, 5.41) is 2.90. The van der Waals surface area contributed by atoms with Crippen LogP contribution in [0.3, 0.4) is 0 Å². The second kappa shape index (κ2) is 10.6. The molecule has 1 N–H and O–H groups in total. The predicted octanol–water partition coefficient (Wildman–Crippen LogP) is 1.59. The van der Waals surface area contributed by atoms with Gasteiger partial charge in [0.25, 0.3) is 5.91 Å². The Hall–Kier alpha value is -2.92. The highest BCUT2D eigenvalue weighted by atomic mass is 32.2. The molecule has 11 heteroatoms. The summed E-state index contributed by atoms with van der Waals surface area (Å²) >= 11 is 0. The molecule has 3 rings (SSSR count). The van der Waals surface area contributed by atoms with E-state index in [9.17, 15) is 26.4 Å². The summed E-state index contributed by atoms with van der Waals surface area (Å²) in [6.07, 6.45) is 3.18. The van der Waals surface area contributed by atoms with Gasteiger partial charge in [0.2, 0.25) is 0 Å². The van der Waals surface area contributed by atoms with Crippen molar-refractivity contribution in [2.45, 2.75) is 22.6 Å². The first-order chi connectivity index (χ1) is 15.9. The zero-order chi connectivity index (χ0) is 24.9. The Morgan fingerprint density at radius 2 is 1.38 bits per heavy atom. The van der Waals surface area contributed by atoms with Gasteiger partial charge in [0.15, 0.2) is 19.7 Å². The van der Waals surface area contributed by atoms with Crippen LogP contribution in [0.5, 0.6) is 0 Å². The number of nitrogens with one attached hydrogen (secondary N) is 1. The van der Waals surface area contributed by atoms with E-state index in [1.54, 1.807) is 4.90 Å². The molecule has 184 valence electrons. The average molecular weight is 508 g/mol. The molecular formula is C23H29N3O6S2. The molecule has 2 aromatic carbocycles. The number of carbonyl (C=O) groups is 2. The standard InChI is InChI=1S/C23H29N3O6S2/c1-33(29,30)20-15-19(16-21(17-20)34(2,31)32)22(27)25-11-6-12-26(14-13-25)23(28)24-10-9-18-7-4-3-5-8-18/h3-5,7-8,15-17H,6,9-14H2,1-2H3,(H,24,28). The van der Waals surface area contributed by atoms with Crippen molar-refractivity contribution in [3.8, 4) is 0 Å². The lowest BCUT2D eigenvalue weighted by molar-refractivity contribution is 0.0761. The maximum Gasteiger partial charge on any atom is 0.317 e. The van der Waals surface area contributed by atoms with E-state index >= 15 is 0 Å². The number of amides is 3. The molecule has 1 heterocycles. The molecule has 0 unspecified atom stereocenters. The normalized spacial score (nSPS) is 15.0. The third-order valence-electron chi connectivity index (χ3n) is 5.59. The highest BCUT2D eigenvalue weighted by Gasteiger charge is 2.25. The number of sulfone groups is 2. The Morgan fingerprint density at radius 3 is 1.97 bits per heavy atom. The van der Waals surface area contributed by atoms with Crippen LogP contribution in [0, 0.1) is 0 Å². The van der Waals surface area contributed by atoms with Crippen LogP contribution in [0.2, 0.25) is 0 Å². The maximum atomic E-state index is 13.1. The number of benzene rings is 2. The second-order valence-electron chi connectivity index (χ2n) is 8.34. The molecule has 0 spiro atoms. The molecule has 0 bridgehead atoms. The van der Waals surface area contributed by atoms with Crippen LogP contribution >= 0.6 is 0 Å². The van der Waals surface area contributed by atoms with Crippen LogP contribution in [0.1, 0.15) is 22.3 Å². The van der Waals surface area contributed by atoms with Crippen LogP contribution < -0.4 is 5.32 Å². The van der Waals surface area contributed by atoms with Gasteiger partial charge in [0.05, 0.1) is 9.79 Å². The number of carbonyl (C=O) groups excluding carboxylic acids is 2. The van der Waals surface area contributed by atoms with Gasteiger partial charge in [0, 0.05) is 50.8 Å². The summed E-state index contributed by atoms with van der Waals surface area (Å²) in [6, 6.07) is 13.1. The third-order valence-corrected chi connectivity index (χ3v) is 7.77. The fraction of sp³-hybridized carbons (Fsp3) is 0.391. The zero-order valence-corrected chi connectivity index (χ0v) is 20.9. The molecule has 9 nitrogen and oxygen atoms in total. The quantitative estimate of drug-likeness (QED) is 0.634. The molecule has 0 aliphatic carbocycles. The SMILES string of the molecule is CS(=O)(=O)c1cc(C(=O)N2CCCN(C(=O)NCCc3ccccc3)CC2)cc(S(C)(=O)=O)c1.